The van der Waals surface area contributed by atoms with Gasteiger partial charge in [0.05, 0.1) is 18.5 Å². The Bertz CT molecular complexity index is 348. The number of nitrogens with one attached hydrogen (secondary N) is 1. The summed E-state index contributed by atoms with van der Waals surface area (Å²) in [6.45, 7) is 4.62. The van der Waals surface area contributed by atoms with Crippen LogP contribution in [0.4, 0.5) is 0 Å². The lowest BCUT2D eigenvalue weighted by Crippen LogP contribution is -2.51. The Hall–Kier alpha value is -0.130. The molecule has 5 heteroatoms. The number of sulfone groups is 1. The topological polar surface area (TPSA) is 55.4 Å². The molecule has 16 heavy (non-hydrogen) atoms. The van der Waals surface area contributed by atoms with Gasteiger partial charge in [-0.2, -0.15) is 0 Å². The summed E-state index contributed by atoms with van der Waals surface area (Å²) in [5.74, 6) is 0. The lowest BCUT2D eigenvalue weighted by molar-refractivity contribution is -0.0999. The minimum Gasteiger partial charge on any atom is -0.380 e. The highest BCUT2D eigenvalue weighted by atomic mass is 32.2. The van der Waals surface area contributed by atoms with E-state index in [1.54, 1.807) is 0 Å². The van der Waals surface area contributed by atoms with Crippen molar-refractivity contribution < 1.29 is 13.2 Å². The van der Waals surface area contributed by atoms with Crippen molar-refractivity contribution in [3.8, 4) is 0 Å². The molecule has 1 saturated heterocycles. The molecule has 0 aromatic carbocycles. The maximum absolute atomic E-state index is 11.6. The van der Waals surface area contributed by atoms with Gasteiger partial charge in [0.15, 0.2) is 9.84 Å². The molecule has 2 rings (SSSR count). The molecule has 0 radical (unpaired) electrons. The van der Waals surface area contributed by atoms with E-state index in [0.717, 1.165) is 39.0 Å². The van der Waals surface area contributed by atoms with E-state index in [1.165, 1.54) is 6.26 Å². The van der Waals surface area contributed by atoms with Crippen LogP contribution in [0.5, 0.6) is 0 Å². The SMILES string of the molecule is CC1(CNC2CCCC2S(C)(=O)=O)COC1. The second kappa shape index (κ2) is 4.27. The summed E-state index contributed by atoms with van der Waals surface area (Å²) in [6, 6.07) is 0.146. The summed E-state index contributed by atoms with van der Waals surface area (Å²) in [5.41, 5.74) is 0.213. The first-order valence-corrected chi connectivity index (χ1v) is 7.86. The molecule has 0 bridgehead atoms. The molecule has 1 heterocycles. The van der Waals surface area contributed by atoms with Crippen molar-refractivity contribution in [3.05, 3.63) is 0 Å². The molecule has 0 spiro atoms. The third-order valence-electron chi connectivity index (χ3n) is 3.69. The molecule has 2 atom stereocenters. The van der Waals surface area contributed by atoms with Crippen LogP contribution in [0.3, 0.4) is 0 Å². The van der Waals surface area contributed by atoms with E-state index in [4.69, 9.17) is 4.74 Å². The average molecular weight is 247 g/mol. The highest BCUT2D eigenvalue weighted by Gasteiger charge is 2.38. The van der Waals surface area contributed by atoms with Gasteiger partial charge >= 0.3 is 0 Å². The Balaban J connectivity index is 1.89. The molecular formula is C11H21NO3S. The Labute approximate surface area is 97.7 Å². The number of hydrogen-bond donors (Lipinski definition) is 1. The maximum Gasteiger partial charge on any atom is 0.151 e. The van der Waals surface area contributed by atoms with Gasteiger partial charge in [-0.15, -0.1) is 0 Å². The standard InChI is InChI=1S/C11H21NO3S/c1-11(7-15-8-11)6-12-9-4-3-5-10(9)16(2,13)14/h9-10,12H,3-8H2,1-2H3. The zero-order chi connectivity index (χ0) is 11.8. The molecule has 94 valence electrons. The van der Waals surface area contributed by atoms with E-state index in [9.17, 15) is 8.42 Å². The van der Waals surface area contributed by atoms with E-state index in [2.05, 4.69) is 12.2 Å². The number of hydrogen-bond acceptors (Lipinski definition) is 4. The molecule has 1 N–H and O–H groups in total. The van der Waals surface area contributed by atoms with E-state index >= 15 is 0 Å². The largest absolute Gasteiger partial charge is 0.380 e. The average Bonchev–Trinajstić information content (AvgIpc) is 2.58. The summed E-state index contributed by atoms with van der Waals surface area (Å²) >= 11 is 0. The van der Waals surface area contributed by atoms with Gasteiger partial charge in [-0.25, -0.2) is 8.42 Å². The van der Waals surface area contributed by atoms with Crippen LogP contribution in [0.15, 0.2) is 0 Å². The normalized spacial score (nSPS) is 33.6. The highest BCUT2D eigenvalue weighted by Crippen LogP contribution is 2.29. The van der Waals surface area contributed by atoms with Crippen molar-refractivity contribution in [2.24, 2.45) is 5.41 Å². The molecule has 2 aliphatic rings. The summed E-state index contributed by atoms with van der Waals surface area (Å²) < 4.78 is 28.4. The van der Waals surface area contributed by atoms with Gasteiger partial charge in [0.2, 0.25) is 0 Å². The second-order valence-corrected chi connectivity index (χ2v) is 7.85. The fraction of sp³-hybridized carbons (Fsp3) is 1.00. The van der Waals surface area contributed by atoms with E-state index < -0.39 is 9.84 Å². The summed E-state index contributed by atoms with van der Waals surface area (Å²) in [5, 5.41) is 3.24. The van der Waals surface area contributed by atoms with Gasteiger partial charge in [0.1, 0.15) is 0 Å². The lowest BCUT2D eigenvalue weighted by atomic mass is 9.88. The first-order chi connectivity index (χ1) is 7.41. The fourth-order valence-electron chi connectivity index (χ4n) is 2.60. The zero-order valence-corrected chi connectivity index (χ0v) is 10.8. The molecule has 2 fully saturated rings. The first-order valence-electron chi connectivity index (χ1n) is 5.91. The highest BCUT2D eigenvalue weighted by molar-refractivity contribution is 7.91. The zero-order valence-electron chi connectivity index (χ0n) is 10.0. The third kappa shape index (κ3) is 2.57. The van der Waals surface area contributed by atoms with E-state index in [0.29, 0.717) is 0 Å². The molecule has 4 nitrogen and oxygen atoms in total. The molecule has 0 aromatic heterocycles. The number of ether oxygens (including phenoxy) is 1. The van der Waals surface area contributed by atoms with Crippen LogP contribution in [0.25, 0.3) is 0 Å². The third-order valence-corrected chi connectivity index (χ3v) is 5.36. The van der Waals surface area contributed by atoms with Gasteiger partial charge in [-0.1, -0.05) is 13.3 Å². The Morgan fingerprint density at radius 2 is 2.06 bits per heavy atom. The van der Waals surface area contributed by atoms with E-state index in [-0.39, 0.29) is 16.7 Å². The first kappa shape index (κ1) is 12.3. The lowest BCUT2D eigenvalue weighted by Gasteiger charge is -2.39. The van der Waals surface area contributed by atoms with Crippen LogP contribution in [0.1, 0.15) is 26.2 Å². The monoisotopic (exact) mass is 247 g/mol. The van der Waals surface area contributed by atoms with Crippen molar-refractivity contribution in [2.75, 3.05) is 26.0 Å². The molecule has 1 saturated carbocycles. The molecule has 1 aliphatic heterocycles. The predicted octanol–water partition coefficient (Wildman–Crippen LogP) is 0.578. The van der Waals surface area contributed by atoms with Gasteiger partial charge in [-0.3, -0.25) is 0 Å². The smallest absolute Gasteiger partial charge is 0.151 e. The van der Waals surface area contributed by atoms with Crippen LogP contribution in [0.2, 0.25) is 0 Å². The van der Waals surface area contributed by atoms with Gasteiger partial charge < -0.3 is 10.1 Å². The fourth-order valence-corrected chi connectivity index (χ4v) is 4.03. The van der Waals surface area contributed by atoms with Crippen LogP contribution >= 0.6 is 0 Å². The van der Waals surface area contributed by atoms with Crippen molar-refractivity contribution in [3.63, 3.8) is 0 Å². The molecule has 2 unspecified atom stereocenters. The van der Waals surface area contributed by atoms with Crippen molar-refractivity contribution in [1.82, 2.24) is 5.32 Å². The van der Waals surface area contributed by atoms with Crippen molar-refractivity contribution in [2.45, 2.75) is 37.5 Å². The van der Waals surface area contributed by atoms with Crippen molar-refractivity contribution in [1.29, 1.82) is 0 Å². The quantitative estimate of drug-likeness (QED) is 0.789. The van der Waals surface area contributed by atoms with Crippen molar-refractivity contribution >= 4 is 9.84 Å². The minimum absolute atomic E-state index is 0.146. The van der Waals surface area contributed by atoms with Gasteiger partial charge in [0, 0.05) is 24.3 Å². The van der Waals surface area contributed by atoms with Crippen LogP contribution in [-0.2, 0) is 14.6 Å². The number of rotatable bonds is 4. The Morgan fingerprint density at radius 3 is 2.56 bits per heavy atom. The Kier molecular flexibility index (Phi) is 3.29. The minimum atomic E-state index is -2.90. The van der Waals surface area contributed by atoms with Gasteiger partial charge in [-0.05, 0) is 12.8 Å². The van der Waals surface area contributed by atoms with E-state index in [1.807, 2.05) is 0 Å². The molecule has 1 aliphatic carbocycles. The molecular weight excluding hydrogens is 226 g/mol. The predicted molar refractivity (Wildman–Crippen MR) is 63.2 cm³/mol. The van der Waals surface area contributed by atoms with Gasteiger partial charge in [0.25, 0.3) is 0 Å². The van der Waals surface area contributed by atoms with Crippen LogP contribution < -0.4 is 5.32 Å². The summed E-state index contributed by atoms with van der Waals surface area (Å²) in [4.78, 5) is 0. The molecule has 0 amide bonds. The molecule has 0 aromatic rings. The Morgan fingerprint density at radius 1 is 1.38 bits per heavy atom. The second-order valence-electron chi connectivity index (χ2n) is 5.59. The summed E-state index contributed by atoms with van der Waals surface area (Å²) in [7, 11) is -2.90. The van der Waals surface area contributed by atoms with Crippen LogP contribution in [-0.4, -0.2) is 45.7 Å². The summed E-state index contributed by atoms with van der Waals surface area (Å²) in [6.07, 6.45) is 4.16. The maximum atomic E-state index is 11.6. The van der Waals surface area contributed by atoms with Crippen LogP contribution in [0, 0.1) is 5.41 Å².